The van der Waals surface area contributed by atoms with E-state index in [9.17, 15) is 0 Å². The molecule has 68 valence electrons. The van der Waals surface area contributed by atoms with Crippen LogP contribution in [0.4, 0.5) is 0 Å². The zero-order valence-corrected chi connectivity index (χ0v) is 8.13. The fraction of sp³-hybridized carbons (Fsp3) is 0.667. The van der Waals surface area contributed by atoms with Gasteiger partial charge in [-0.25, -0.2) is 0 Å². The minimum atomic E-state index is 0.840. The second kappa shape index (κ2) is 6.05. The third kappa shape index (κ3) is 3.75. The van der Waals surface area contributed by atoms with Crippen LogP contribution in [-0.4, -0.2) is 0 Å². The standard InChI is InChI=1S/C12H20/c1-2-3-4-6-9-12-10-7-5-8-11-12/h5,7-8,10,12H,2-4,6,9,11H2,1H3. The van der Waals surface area contributed by atoms with Gasteiger partial charge in [-0.15, -0.1) is 0 Å². The summed E-state index contributed by atoms with van der Waals surface area (Å²) < 4.78 is 0. The molecule has 1 atom stereocenters. The molecular weight excluding hydrogens is 144 g/mol. The van der Waals surface area contributed by atoms with Gasteiger partial charge in [0.05, 0.1) is 0 Å². The van der Waals surface area contributed by atoms with Gasteiger partial charge >= 0.3 is 0 Å². The Morgan fingerprint density at radius 1 is 1.17 bits per heavy atom. The van der Waals surface area contributed by atoms with Crippen LogP contribution >= 0.6 is 0 Å². The Morgan fingerprint density at radius 3 is 2.75 bits per heavy atom. The first kappa shape index (κ1) is 9.57. The minimum Gasteiger partial charge on any atom is -0.0840 e. The zero-order chi connectivity index (χ0) is 8.65. The predicted octanol–water partition coefficient (Wildman–Crippen LogP) is 4.09. The van der Waals surface area contributed by atoms with Crippen molar-refractivity contribution in [1.29, 1.82) is 0 Å². The van der Waals surface area contributed by atoms with Gasteiger partial charge < -0.3 is 0 Å². The van der Waals surface area contributed by atoms with Gasteiger partial charge in [-0.1, -0.05) is 56.9 Å². The van der Waals surface area contributed by atoms with Crippen molar-refractivity contribution in [3.63, 3.8) is 0 Å². The molecule has 0 N–H and O–H groups in total. The molecule has 1 aliphatic carbocycles. The maximum absolute atomic E-state index is 2.35. The van der Waals surface area contributed by atoms with Crippen LogP contribution in [0.1, 0.15) is 45.4 Å². The molecule has 0 bridgehead atoms. The Labute approximate surface area is 76.4 Å². The van der Waals surface area contributed by atoms with Crippen LogP contribution in [0.25, 0.3) is 0 Å². The van der Waals surface area contributed by atoms with Crippen molar-refractivity contribution in [1.82, 2.24) is 0 Å². The van der Waals surface area contributed by atoms with E-state index in [2.05, 4.69) is 31.2 Å². The third-order valence-corrected chi connectivity index (χ3v) is 2.50. The van der Waals surface area contributed by atoms with Gasteiger partial charge in [0.25, 0.3) is 0 Å². The molecule has 0 aromatic carbocycles. The number of unbranched alkanes of at least 4 members (excludes halogenated alkanes) is 3. The van der Waals surface area contributed by atoms with Crippen molar-refractivity contribution in [3.8, 4) is 0 Å². The van der Waals surface area contributed by atoms with E-state index in [-0.39, 0.29) is 0 Å². The summed E-state index contributed by atoms with van der Waals surface area (Å²) in [6.07, 6.45) is 17.2. The van der Waals surface area contributed by atoms with Crippen molar-refractivity contribution < 1.29 is 0 Å². The van der Waals surface area contributed by atoms with E-state index in [1.54, 1.807) is 0 Å². The Morgan fingerprint density at radius 2 is 2.08 bits per heavy atom. The van der Waals surface area contributed by atoms with E-state index in [0.29, 0.717) is 0 Å². The van der Waals surface area contributed by atoms with Gasteiger partial charge in [0.1, 0.15) is 0 Å². The Bertz CT molecular complexity index is 153. The molecule has 1 rings (SSSR count). The monoisotopic (exact) mass is 164 g/mol. The van der Waals surface area contributed by atoms with Crippen molar-refractivity contribution >= 4 is 0 Å². The average Bonchev–Trinajstić information content (AvgIpc) is 2.14. The van der Waals surface area contributed by atoms with Gasteiger partial charge in [-0.05, 0) is 18.8 Å². The van der Waals surface area contributed by atoms with E-state index in [4.69, 9.17) is 0 Å². The Hall–Kier alpha value is -0.520. The fourth-order valence-electron chi connectivity index (χ4n) is 1.68. The van der Waals surface area contributed by atoms with Crippen LogP contribution in [0.5, 0.6) is 0 Å². The summed E-state index contributed by atoms with van der Waals surface area (Å²) in [5.41, 5.74) is 0. The van der Waals surface area contributed by atoms with Crippen LogP contribution in [0, 0.1) is 5.92 Å². The second-order valence-corrected chi connectivity index (χ2v) is 3.66. The van der Waals surface area contributed by atoms with E-state index in [1.165, 1.54) is 38.5 Å². The molecule has 0 amide bonds. The van der Waals surface area contributed by atoms with Crippen LogP contribution < -0.4 is 0 Å². The van der Waals surface area contributed by atoms with Gasteiger partial charge in [-0.3, -0.25) is 0 Å². The molecule has 0 fully saturated rings. The molecule has 0 saturated heterocycles. The largest absolute Gasteiger partial charge is 0.0840 e. The topological polar surface area (TPSA) is 0 Å². The summed E-state index contributed by atoms with van der Waals surface area (Å²) in [6.45, 7) is 2.27. The number of allylic oxidation sites excluding steroid dienone is 4. The molecular formula is C12H20. The maximum Gasteiger partial charge on any atom is -0.0196 e. The number of hydrogen-bond acceptors (Lipinski definition) is 0. The second-order valence-electron chi connectivity index (χ2n) is 3.66. The molecule has 0 aliphatic heterocycles. The molecule has 0 saturated carbocycles. The predicted molar refractivity (Wildman–Crippen MR) is 55.1 cm³/mol. The molecule has 0 nitrogen and oxygen atoms in total. The maximum atomic E-state index is 2.35. The van der Waals surface area contributed by atoms with Crippen molar-refractivity contribution in [3.05, 3.63) is 24.3 Å². The summed E-state index contributed by atoms with van der Waals surface area (Å²) in [5, 5.41) is 0. The lowest BCUT2D eigenvalue weighted by Gasteiger charge is -2.11. The zero-order valence-electron chi connectivity index (χ0n) is 8.13. The van der Waals surface area contributed by atoms with E-state index >= 15 is 0 Å². The van der Waals surface area contributed by atoms with E-state index < -0.39 is 0 Å². The molecule has 0 spiro atoms. The van der Waals surface area contributed by atoms with Gasteiger partial charge in [-0.2, -0.15) is 0 Å². The van der Waals surface area contributed by atoms with Crippen LogP contribution in [-0.2, 0) is 0 Å². The van der Waals surface area contributed by atoms with Crippen molar-refractivity contribution in [2.24, 2.45) is 5.92 Å². The lowest BCUT2D eigenvalue weighted by atomic mass is 9.94. The molecule has 0 radical (unpaired) electrons. The van der Waals surface area contributed by atoms with E-state index in [0.717, 1.165) is 5.92 Å². The lowest BCUT2D eigenvalue weighted by Crippen LogP contribution is -1.96. The van der Waals surface area contributed by atoms with Gasteiger partial charge in [0.2, 0.25) is 0 Å². The number of rotatable bonds is 5. The first-order valence-electron chi connectivity index (χ1n) is 5.27. The molecule has 0 aromatic heterocycles. The van der Waals surface area contributed by atoms with E-state index in [1.807, 2.05) is 0 Å². The van der Waals surface area contributed by atoms with Crippen LogP contribution in [0.3, 0.4) is 0 Å². The SMILES string of the molecule is CCCCCCC1C=CC=CC1. The average molecular weight is 164 g/mol. The molecule has 0 heteroatoms. The summed E-state index contributed by atoms with van der Waals surface area (Å²) in [5.74, 6) is 0.840. The van der Waals surface area contributed by atoms with Crippen LogP contribution in [0.2, 0.25) is 0 Å². The summed E-state index contributed by atoms with van der Waals surface area (Å²) >= 11 is 0. The highest BCUT2D eigenvalue weighted by Gasteiger charge is 2.03. The molecule has 1 unspecified atom stereocenters. The smallest absolute Gasteiger partial charge is 0.0196 e. The first-order chi connectivity index (χ1) is 5.93. The van der Waals surface area contributed by atoms with Gasteiger partial charge in [0, 0.05) is 0 Å². The molecule has 0 heterocycles. The normalized spacial score (nSPS) is 21.6. The lowest BCUT2D eigenvalue weighted by molar-refractivity contribution is 0.532. The highest BCUT2D eigenvalue weighted by molar-refractivity contribution is 5.10. The molecule has 1 aliphatic rings. The van der Waals surface area contributed by atoms with Crippen molar-refractivity contribution in [2.45, 2.75) is 45.4 Å². The molecule has 0 aromatic rings. The number of hydrogen-bond donors (Lipinski definition) is 0. The Kier molecular flexibility index (Phi) is 4.82. The van der Waals surface area contributed by atoms with Crippen molar-refractivity contribution in [2.75, 3.05) is 0 Å². The van der Waals surface area contributed by atoms with Crippen LogP contribution in [0.15, 0.2) is 24.3 Å². The third-order valence-electron chi connectivity index (χ3n) is 2.50. The van der Waals surface area contributed by atoms with Gasteiger partial charge in [0.15, 0.2) is 0 Å². The summed E-state index contributed by atoms with van der Waals surface area (Å²) in [7, 11) is 0. The highest BCUT2D eigenvalue weighted by Crippen LogP contribution is 2.18. The quantitative estimate of drug-likeness (QED) is 0.537. The minimum absolute atomic E-state index is 0.840. The Balaban J connectivity index is 2.00. The fourth-order valence-corrected chi connectivity index (χ4v) is 1.68. The highest BCUT2D eigenvalue weighted by atomic mass is 14.1. The molecule has 12 heavy (non-hydrogen) atoms. The summed E-state index contributed by atoms with van der Waals surface area (Å²) in [6, 6.07) is 0. The summed E-state index contributed by atoms with van der Waals surface area (Å²) in [4.78, 5) is 0. The first-order valence-corrected chi connectivity index (χ1v) is 5.27.